The highest BCUT2D eigenvalue weighted by Crippen LogP contribution is 2.30. The SMILES string of the molecule is CCc1ccccc1NC(=O)[C@@H]1CCC(=O)N1S(=O)(=O)c1ccc(OC)c(C)c1. The Morgan fingerprint density at radius 2 is 1.97 bits per heavy atom. The van der Waals surface area contributed by atoms with E-state index in [4.69, 9.17) is 4.74 Å². The van der Waals surface area contributed by atoms with Crippen LogP contribution in [-0.4, -0.2) is 37.7 Å². The summed E-state index contributed by atoms with van der Waals surface area (Å²) in [6.45, 7) is 3.68. The van der Waals surface area contributed by atoms with E-state index >= 15 is 0 Å². The van der Waals surface area contributed by atoms with Crippen molar-refractivity contribution in [3.63, 3.8) is 0 Å². The second-order valence-electron chi connectivity index (χ2n) is 6.88. The number of carbonyl (C=O) groups is 2. The van der Waals surface area contributed by atoms with Crippen molar-refractivity contribution in [1.82, 2.24) is 4.31 Å². The summed E-state index contributed by atoms with van der Waals surface area (Å²) < 4.78 is 32.2. The third kappa shape index (κ3) is 3.98. The number of anilines is 1. The number of aryl methyl sites for hydroxylation is 2. The highest BCUT2D eigenvalue weighted by molar-refractivity contribution is 7.89. The molecule has 2 amide bonds. The zero-order valence-electron chi connectivity index (χ0n) is 16.6. The van der Waals surface area contributed by atoms with Crippen LogP contribution in [0.25, 0.3) is 0 Å². The Morgan fingerprint density at radius 3 is 2.62 bits per heavy atom. The molecule has 2 aromatic rings. The van der Waals surface area contributed by atoms with Crippen LogP contribution in [0.2, 0.25) is 0 Å². The maximum Gasteiger partial charge on any atom is 0.267 e. The fourth-order valence-corrected chi connectivity index (χ4v) is 5.18. The second-order valence-corrected chi connectivity index (χ2v) is 8.70. The number of rotatable bonds is 6. The van der Waals surface area contributed by atoms with Crippen LogP contribution in [-0.2, 0) is 26.0 Å². The summed E-state index contributed by atoms with van der Waals surface area (Å²) in [4.78, 5) is 25.3. The molecule has 3 rings (SSSR count). The lowest BCUT2D eigenvalue weighted by molar-refractivity contribution is -0.128. The molecule has 1 fully saturated rings. The molecule has 0 bridgehead atoms. The van der Waals surface area contributed by atoms with Crippen LogP contribution in [0.15, 0.2) is 47.4 Å². The van der Waals surface area contributed by atoms with E-state index in [0.717, 1.165) is 9.87 Å². The summed E-state index contributed by atoms with van der Waals surface area (Å²) >= 11 is 0. The number of methoxy groups -OCH3 is 1. The number of sulfonamides is 1. The summed E-state index contributed by atoms with van der Waals surface area (Å²) in [6, 6.07) is 10.6. The summed E-state index contributed by atoms with van der Waals surface area (Å²) in [5.74, 6) is -0.546. The van der Waals surface area contributed by atoms with E-state index in [0.29, 0.717) is 23.4 Å². The highest BCUT2D eigenvalue weighted by Gasteiger charge is 2.44. The van der Waals surface area contributed by atoms with E-state index < -0.39 is 27.9 Å². The van der Waals surface area contributed by atoms with Gasteiger partial charge in [-0.2, -0.15) is 0 Å². The third-order valence-electron chi connectivity index (χ3n) is 5.04. The van der Waals surface area contributed by atoms with Crippen molar-refractivity contribution in [3.8, 4) is 5.75 Å². The van der Waals surface area contributed by atoms with Gasteiger partial charge in [0.25, 0.3) is 10.0 Å². The maximum atomic E-state index is 13.2. The molecule has 1 aliphatic rings. The van der Waals surface area contributed by atoms with Crippen molar-refractivity contribution < 1.29 is 22.7 Å². The molecule has 0 aromatic heterocycles. The maximum absolute atomic E-state index is 13.2. The molecule has 8 heteroatoms. The summed E-state index contributed by atoms with van der Waals surface area (Å²) in [5, 5.41) is 2.79. The monoisotopic (exact) mass is 416 g/mol. The first kappa shape index (κ1) is 20.9. The first-order valence-electron chi connectivity index (χ1n) is 9.40. The van der Waals surface area contributed by atoms with Gasteiger partial charge in [-0.3, -0.25) is 9.59 Å². The predicted molar refractivity (Wildman–Crippen MR) is 109 cm³/mol. The van der Waals surface area contributed by atoms with Crippen molar-refractivity contribution >= 4 is 27.5 Å². The van der Waals surface area contributed by atoms with E-state index in [-0.39, 0.29) is 17.7 Å². The van der Waals surface area contributed by atoms with Crippen LogP contribution in [0.5, 0.6) is 5.75 Å². The van der Waals surface area contributed by atoms with Crippen LogP contribution in [0.4, 0.5) is 5.69 Å². The fourth-order valence-electron chi connectivity index (χ4n) is 3.49. The Balaban J connectivity index is 1.91. The standard InChI is InChI=1S/C21H24N2O5S/c1-4-15-7-5-6-8-17(15)22-21(25)18-10-12-20(24)23(18)29(26,27)16-9-11-19(28-3)14(2)13-16/h5-9,11,13,18H,4,10,12H2,1-3H3,(H,22,25)/t18-/m0/s1. The Morgan fingerprint density at radius 1 is 1.24 bits per heavy atom. The molecule has 7 nitrogen and oxygen atoms in total. The number of benzene rings is 2. The minimum atomic E-state index is -4.17. The van der Waals surface area contributed by atoms with E-state index in [1.54, 1.807) is 19.1 Å². The van der Waals surface area contributed by atoms with Gasteiger partial charge in [0.1, 0.15) is 11.8 Å². The third-order valence-corrected chi connectivity index (χ3v) is 6.87. The van der Waals surface area contributed by atoms with Crippen LogP contribution in [0.3, 0.4) is 0 Å². The van der Waals surface area contributed by atoms with Gasteiger partial charge < -0.3 is 10.1 Å². The topological polar surface area (TPSA) is 92.8 Å². The van der Waals surface area contributed by atoms with Crippen molar-refractivity contribution in [1.29, 1.82) is 0 Å². The van der Waals surface area contributed by atoms with Gasteiger partial charge in [0.15, 0.2) is 0 Å². The zero-order chi connectivity index (χ0) is 21.2. The molecule has 0 saturated carbocycles. The Labute approximate surface area is 170 Å². The molecule has 1 heterocycles. The number of nitrogens with one attached hydrogen (secondary N) is 1. The zero-order valence-corrected chi connectivity index (χ0v) is 17.5. The molecule has 154 valence electrons. The Kier molecular flexibility index (Phi) is 5.93. The van der Waals surface area contributed by atoms with Crippen molar-refractivity contribution in [2.75, 3.05) is 12.4 Å². The molecule has 1 saturated heterocycles. The van der Waals surface area contributed by atoms with E-state index in [1.807, 2.05) is 19.1 Å². The van der Waals surface area contributed by atoms with Crippen molar-refractivity contribution in [3.05, 3.63) is 53.6 Å². The summed E-state index contributed by atoms with van der Waals surface area (Å²) in [7, 11) is -2.68. The van der Waals surface area contributed by atoms with Gasteiger partial charge in [0.2, 0.25) is 11.8 Å². The number of nitrogens with zero attached hydrogens (tertiary/aromatic N) is 1. The highest BCUT2D eigenvalue weighted by atomic mass is 32.2. The van der Waals surface area contributed by atoms with Crippen LogP contribution >= 0.6 is 0 Å². The van der Waals surface area contributed by atoms with Gasteiger partial charge in [-0.05, 0) is 55.2 Å². The lowest BCUT2D eigenvalue weighted by atomic mass is 10.1. The minimum absolute atomic E-state index is 0.00186. The lowest BCUT2D eigenvalue weighted by Gasteiger charge is -2.24. The van der Waals surface area contributed by atoms with Gasteiger partial charge in [-0.1, -0.05) is 25.1 Å². The fraction of sp³-hybridized carbons (Fsp3) is 0.333. The largest absolute Gasteiger partial charge is 0.496 e. The second kappa shape index (κ2) is 8.24. The average Bonchev–Trinajstić information content (AvgIpc) is 3.10. The van der Waals surface area contributed by atoms with Gasteiger partial charge in [-0.15, -0.1) is 0 Å². The van der Waals surface area contributed by atoms with Gasteiger partial charge in [-0.25, -0.2) is 12.7 Å². The van der Waals surface area contributed by atoms with E-state index in [2.05, 4.69) is 5.32 Å². The quantitative estimate of drug-likeness (QED) is 0.782. The van der Waals surface area contributed by atoms with Crippen LogP contribution in [0.1, 0.15) is 30.9 Å². The Hall–Kier alpha value is -2.87. The smallest absolute Gasteiger partial charge is 0.267 e. The number of hydrogen-bond donors (Lipinski definition) is 1. The first-order chi connectivity index (χ1) is 13.8. The molecule has 0 radical (unpaired) electrons. The average molecular weight is 416 g/mol. The lowest BCUT2D eigenvalue weighted by Crippen LogP contribution is -2.45. The number of carbonyl (C=O) groups excluding carboxylic acids is 2. The van der Waals surface area contributed by atoms with Crippen LogP contribution in [0, 0.1) is 6.92 Å². The number of hydrogen-bond acceptors (Lipinski definition) is 5. The molecule has 29 heavy (non-hydrogen) atoms. The summed E-state index contributed by atoms with van der Waals surface area (Å²) in [6.07, 6.45) is 0.863. The molecule has 0 spiro atoms. The Bertz CT molecular complexity index is 1050. The molecule has 2 aromatic carbocycles. The molecular formula is C21H24N2O5S. The molecule has 0 unspecified atom stereocenters. The van der Waals surface area contributed by atoms with E-state index in [9.17, 15) is 18.0 Å². The molecule has 1 N–H and O–H groups in total. The molecular weight excluding hydrogens is 392 g/mol. The molecule has 1 atom stereocenters. The van der Waals surface area contributed by atoms with Crippen molar-refractivity contribution in [2.24, 2.45) is 0 Å². The molecule has 0 aliphatic carbocycles. The minimum Gasteiger partial charge on any atom is -0.496 e. The predicted octanol–water partition coefficient (Wildman–Crippen LogP) is 2.88. The van der Waals surface area contributed by atoms with E-state index in [1.165, 1.54) is 25.3 Å². The van der Waals surface area contributed by atoms with Gasteiger partial charge in [0.05, 0.1) is 12.0 Å². The number of para-hydroxylation sites is 1. The number of amides is 2. The summed E-state index contributed by atoms with van der Waals surface area (Å²) in [5.41, 5.74) is 2.18. The number of ether oxygens (including phenoxy) is 1. The molecule has 1 aliphatic heterocycles. The first-order valence-corrected chi connectivity index (χ1v) is 10.8. The van der Waals surface area contributed by atoms with Crippen molar-refractivity contribution in [2.45, 2.75) is 44.0 Å². The van der Waals surface area contributed by atoms with Crippen LogP contribution < -0.4 is 10.1 Å². The normalized spacial score (nSPS) is 16.7. The van der Waals surface area contributed by atoms with Gasteiger partial charge >= 0.3 is 0 Å². The van der Waals surface area contributed by atoms with Gasteiger partial charge in [0, 0.05) is 12.1 Å².